The van der Waals surface area contributed by atoms with Crippen LogP contribution in [0.1, 0.15) is 22.3 Å². The Morgan fingerprint density at radius 2 is 2.28 bits per heavy atom. The van der Waals surface area contributed by atoms with Gasteiger partial charge in [0.25, 0.3) is 5.91 Å². The van der Waals surface area contributed by atoms with Crippen LogP contribution in [-0.2, 0) is 6.42 Å². The van der Waals surface area contributed by atoms with Crippen LogP contribution in [0.2, 0.25) is 5.02 Å². The number of halogens is 2. The average molecular weight is 347 g/mol. The van der Waals surface area contributed by atoms with Crippen LogP contribution in [0.4, 0.5) is 5.13 Å². The molecule has 1 N–H and O–H groups in total. The van der Waals surface area contributed by atoms with Gasteiger partial charge in [0.1, 0.15) is 5.01 Å². The molecule has 0 unspecified atom stereocenters. The second-order valence-corrected chi connectivity index (χ2v) is 5.76. The summed E-state index contributed by atoms with van der Waals surface area (Å²) in [5, 5.41) is 12.5. The summed E-state index contributed by atoms with van der Waals surface area (Å²) < 4.78 is 0.684. The Morgan fingerprint density at radius 3 is 2.89 bits per heavy atom. The third kappa shape index (κ3) is 3.07. The van der Waals surface area contributed by atoms with E-state index in [2.05, 4.69) is 31.4 Å². The highest BCUT2D eigenvalue weighted by atomic mass is 79.9. The molecule has 7 heteroatoms. The van der Waals surface area contributed by atoms with Crippen LogP contribution < -0.4 is 5.32 Å². The summed E-state index contributed by atoms with van der Waals surface area (Å²) in [6.07, 6.45) is 0.806. The van der Waals surface area contributed by atoms with E-state index in [1.54, 1.807) is 18.2 Å². The molecule has 0 saturated carbocycles. The van der Waals surface area contributed by atoms with E-state index in [1.807, 2.05) is 6.92 Å². The van der Waals surface area contributed by atoms with Crippen LogP contribution in [0.3, 0.4) is 0 Å². The Labute approximate surface area is 122 Å². The predicted molar refractivity (Wildman–Crippen MR) is 76.4 cm³/mol. The van der Waals surface area contributed by atoms with Gasteiger partial charge in [-0.05, 0) is 40.5 Å². The predicted octanol–water partition coefficient (Wildman–Crippen LogP) is 3.77. The highest BCUT2D eigenvalue weighted by Gasteiger charge is 2.10. The molecule has 0 atom stereocenters. The highest BCUT2D eigenvalue weighted by Crippen LogP contribution is 2.24. The van der Waals surface area contributed by atoms with Crippen molar-refractivity contribution >= 4 is 49.9 Å². The van der Waals surface area contributed by atoms with Gasteiger partial charge in [0.05, 0.1) is 5.02 Å². The van der Waals surface area contributed by atoms with Crippen molar-refractivity contribution in [2.75, 3.05) is 5.32 Å². The summed E-state index contributed by atoms with van der Waals surface area (Å²) in [5.41, 5.74) is 0.513. The van der Waals surface area contributed by atoms with Gasteiger partial charge in [0, 0.05) is 10.0 Å². The summed E-state index contributed by atoms with van der Waals surface area (Å²) in [6.45, 7) is 1.99. The normalized spacial score (nSPS) is 10.4. The zero-order valence-electron chi connectivity index (χ0n) is 9.41. The summed E-state index contributed by atoms with van der Waals surface area (Å²) in [6, 6.07) is 4.99. The van der Waals surface area contributed by atoms with Gasteiger partial charge in [-0.1, -0.05) is 29.9 Å². The average Bonchev–Trinajstić information content (AvgIpc) is 2.80. The van der Waals surface area contributed by atoms with E-state index in [4.69, 9.17) is 11.6 Å². The van der Waals surface area contributed by atoms with Gasteiger partial charge >= 0.3 is 0 Å². The minimum atomic E-state index is -0.230. The van der Waals surface area contributed by atoms with Gasteiger partial charge in [-0.3, -0.25) is 10.1 Å². The lowest BCUT2D eigenvalue weighted by Crippen LogP contribution is -2.11. The first-order valence-electron chi connectivity index (χ1n) is 5.19. The molecule has 0 saturated heterocycles. The van der Waals surface area contributed by atoms with E-state index < -0.39 is 0 Å². The number of anilines is 1. The second kappa shape index (κ2) is 5.77. The molecule has 4 nitrogen and oxygen atoms in total. The molecule has 0 aliphatic rings. The second-order valence-electron chi connectivity index (χ2n) is 3.44. The van der Waals surface area contributed by atoms with Crippen molar-refractivity contribution in [1.82, 2.24) is 10.2 Å². The highest BCUT2D eigenvalue weighted by molar-refractivity contribution is 9.10. The number of rotatable bonds is 3. The smallest absolute Gasteiger partial charge is 0.257 e. The molecule has 1 amide bonds. The first-order valence-corrected chi connectivity index (χ1v) is 7.17. The molecule has 2 rings (SSSR count). The van der Waals surface area contributed by atoms with Crippen molar-refractivity contribution in [3.8, 4) is 0 Å². The molecular formula is C11H9BrClN3OS. The molecule has 1 aromatic heterocycles. The summed E-state index contributed by atoms with van der Waals surface area (Å²) in [7, 11) is 0. The van der Waals surface area contributed by atoms with Gasteiger partial charge in [-0.15, -0.1) is 10.2 Å². The van der Waals surface area contributed by atoms with Crippen molar-refractivity contribution in [2.24, 2.45) is 0 Å². The van der Waals surface area contributed by atoms with Crippen molar-refractivity contribution < 1.29 is 4.79 Å². The molecule has 1 aromatic carbocycles. The van der Waals surface area contributed by atoms with E-state index in [1.165, 1.54) is 11.3 Å². The number of carbonyl (C=O) groups is 1. The Balaban J connectivity index is 2.14. The summed E-state index contributed by atoms with van der Waals surface area (Å²) >= 11 is 10.5. The molecule has 0 aliphatic carbocycles. The van der Waals surface area contributed by atoms with Gasteiger partial charge < -0.3 is 0 Å². The monoisotopic (exact) mass is 345 g/mol. The van der Waals surface area contributed by atoms with Crippen molar-refractivity contribution in [3.05, 3.63) is 38.3 Å². The number of benzene rings is 1. The number of aryl methyl sites for hydroxylation is 1. The van der Waals surface area contributed by atoms with Gasteiger partial charge in [0.2, 0.25) is 5.13 Å². The Bertz CT molecular complexity index is 587. The third-order valence-corrected chi connectivity index (χ3v) is 4.37. The van der Waals surface area contributed by atoms with Gasteiger partial charge in [0.15, 0.2) is 0 Å². The number of amides is 1. The van der Waals surface area contributed by atoms with Crippen LogP contribution in [0, 0.1) is 0 Å². The molecular weight excluding hydrogens is 338 g/mol. The molecule has 0 aliphatic heterocycles. The lowest BCUT2D eigenvalue weighted by atomic mass is 10.2. The number of hydrogen-bond donors (Lipinski definition) is 1. The van der Waals surface area contributed by atoms with Crippen LogP contribution in [0.15, 0.2) is 22.7 Å². The Morgan fingerprint density at radius 1 is 1.50 bits per heavy atom. The largest absolute Gasteiger partial charge is 0.296 e. The Kier molecular flexibility index (Phi) is 4.31. The number of carbonyl (C=O) groups excluding carboxylic acids is 1. The molecule has 18 heavy (non-hydrogen) atoms. The maximum Gasteiger partial charge on any atom is 0.257 e. The SMILES string of the molecule is CCc1nnc(NC(=O)c2ccc(Cl)c(Br)c2)s1. The Hall–Kier alpha value is -0.980. The van der Waals surface area contributed by atoms with Crippen molar-refractivity contribution in [3.63, 3.8) is 0 Å². The zero-order valence-corrected chi connectivity index (χ0v) is 12.6. The van der Waals surface area contributed by atoms with E-state index in [0.29, 0.717) is 20.2 Å². The number of hydrogen-bond acceptors (Lipinski definition) is 4. The standard InChI is InChI=1S/C11H9BrClN3OS/c1-2-9-15-16-11(18-9)14-10(17)6-3-4-8(13)7(12)5-6/h3-5H,2H2,1H3,(H,14,16,17). The molecule has 94 valence electrons. The fourth-order valence-corrected chi connectivity index (χ4v) is 2.42. The lowest BCUT2D eigenvalue weighted by Gasteiger charge is -2.02. The van der Waals surface area contributed by atoms with Crippen LogP contribution in [-0.4, -0.2) is 16.1 Å². The number of aromatic nitrogens is 2. The first-order chi connectivity index (χ1) is 8.60. The molecule has 0 radical (unpaired) electrons. The van der Waals surface area contributed by atoms with Crippen molar-refractivity contribution in [2.45, 2.75) is 13.3 Å². The fraction of sp³-hybridized carbons (Fsp3) is 0.182. The van der Waals surface area contributed by atoms with Crippen molar-refractivity contribution in [1.29, 1.82) is 0 Å². The van der Waals surface area contributed by atoms with Gasteiger partial charge in [-0.25, -0.2) is 0 Å². The van der Waals surface area contributed by atoms with Gasteiger partial charge in [-0.2, -0.15) is 0 Å². The van der Waals surface area contributed by atoms with Crippen LogP contribution in [0.5, 0.6) is 0 Å². The van der Waals surface area contributed by atoms with E-state index >= 15 is 0 Å². The number of nitrogens with one attached hydrogen (secondary N) is 1. The van der Waals surface area contributed by atoms with Crippen LogP contribution in [0.25, 0.3) is 0 Å². The summed E-state index contributed by atoms with van der Waals surface area (Å²) in [5.74, 6) is -0.230. The first kappa shape index (κ1) is 13.5. The molecule has 2 aromatic rings. The molecule has 0 spiro atoms. The maximum atomic E-state index is 11.9. The minimum Gasteiger partial charge on any atom is -0.296 e. The lowest BCUT2D eigenvalue weighted by molar-refractivity contribution is 0.102. The summed E-state index contributed by atoms with van der Waals surface area (Å²) in [4.78, 5) is 11.9. The van der Waals surface area contributed by atoms with E-state index in [9.17, 15) is 4.79 Å². The molecule has 0 bridgehead atoms. The number of nitrogens with zero attached hydrogens (tertiary/aromatic N) is 2. The van der Waals surface area contributed by atoms with E-state index in [-0.39, 0.29) is 5.91 Å². The minimum absolute atomic E-state index is 0.230. The zero-order chi connectivity index (χ0) is 13.1. The molecule has 1 heterocycles. The topological polar surface area (TPSA) is 54.9 Å². The van der Waals surface area contributed by atoms with E-state index in [0.717, 1.165) is 11.4 Å². The fourth-order valence-electron chi connectivity index (χ4n) is 1.25. The third-order valence-electron chi connectivity index (χ3n) is 2.17. The maximum absolute atomic E-state index is 11.9. The quantitative estimate of drug-likeness (QED) is 0.920. The molecule has 0 fully saturated rings. The van der Waals surface area contributed by atoms with Crippen LogP contribution >= 0.6 is 38.9 Å².